The van der Waals surface area contributed by atoms with Gasteiger partial charge in [-0.25, -0.2) is 0 Å². The van der Waals surface area contributed by atoms with Crippen LogP contribution >= 0.6 is 0 Å². The Bertz CT molecular complexity index is 149. The molecule has 0 aromatic rings. The number of allylic oxidation sites excluding steroid dienone is 4. The van der Waals surface area contributed by atoms with Crippen LogP contribution in [-0.2, 0) is 0 Å². The molecule has 14 heavy (non-hydrogen) atoms. The molecule has 0 radical (unpaired) electrons. The van der Waals surface area contributed by atoms with E-state index in [1.165, 1.54) is 0 Å². The van der Waals surface area contributed by atoms with E-state index in [-0.39, 0.29) is 6.61 Å². The third-order valence-corrected chi connectivity index (χ3v) is 1.22. The summed E-state index contributed by atoms with van der Waals surface area (Å²) in [7, 11) is 3.88. The molecule has 0 aromatic carbocycles. The van der Waals surface area contributed by atoms with Gasteiger partial charge in [-0.1, -0.05) is 37.0 Å². The van der Waals surface area contributed by atoms with Crippen molar-refractivity contribution in [1.82, 2.24) is 10.6 Å². The topological polar surface area (TPSA) is 44.3 Å². The molecule has 0 aliphatic rings. The first kappa shape index (κ1) is 15.6. The van der Waals surface area contributed by atoms with Crippen LogP contribution in [0.2, 0.25) is 0 Å². The Labute approximate surface area is 87.2 Å². The van der Waals surface area contributed by atoms with E-state index in [2.05, 4.69) is 17.2 Å². The average molecular weight is 198 g/mol. The first-order valence-corrected chi connectivity index (χ1v) is 4.67. The molecule has 0 saturated heterocycles. The highest BCUT2D eigenvalue weighted by Crippen LogP contribution is 1.75. The smallest absolute Gasteiger partial charge is 0.0615 e. The highest BCUT2D eigenvalue weighted by atomic mass is 16.2. The van der Waals surface area contributed by atoms with Crippen molar-refractivity contribution in [3.8, 4) is 0 Å². The summed E-state index contributed by atoms with van der Waals surface area (Å²) in [6.45, 7) is 5.68. The van der Waals surface area contributed by atoms with Crippen molar-refractivity contribution in [2.75, 3.05) is 33.8 Å². The van der Waals surface area contributed by atoms with Gasteiger partial charge in [-0.15, -0.1) is 0 Å². The molecular formula is C11H22N2O. The number of hydrogen-bond donors (Lipinski definition) is 3. The normalized spacial score (nSPS) is 10.2. The van der Waals surface area contributed by atoms with Crippen LogP contribution in [0, 0.1) is 0 Å². The number of likely N-dealkylation sites (N-methyl/N-ethyl adjacent to an activating group) is 2. The maximum atomic E-state index is 8.22. The van der Waals surface area contributed by atoms with Gasteiger partial charge in [-0.3, -0.25) is 0 Å². The van der Waals surface area contributed by atoms with Crippen LogP contribution in [0.1, 0.15) is 0 Å². The first-order chi connectivity index (χ1) is 6.83. The number of hydrogen-bond acceptors (Lipinski definition) is 3. The molecule has 3 heteroatoms. The largest absolute Gasteiger partial charge is 0.392 e. The summed E-state index contributed by atoms with van der Waals surface area (Å²) < 4.78 is 0. The third kappa shape index (κ3) is 22.5. The molecule has 0 heterocycles. The maximum absolute atomic E-state index is 8.22. The van der Waals surface area contributed by atoms with Crippen LogP contribution in [0.3, 0.4) is 0 Å². The van der Waals surface area contributed by atoms with Gasteiger partial charge in [0.25, 0.3) is 0 Å². The van der Waals surface area contributed by atoms with Gasteiger partial charge in [0.1, 0.15) is 0 Å². The monoisotopic (exact) mass is 198 g/mol. The molecule has 0 atom stereocenters. The molecule has 0 rings (SSSR count). The van der Waals surface area contributed by atoms with Crippen LogP contribution in [0.15, 0.2) is 37.0 Å². The fourth-order valence-corrected chi connectivity index (χ4v) is 0.532. The summed E-state index contributed by atoms with van der Waals surface area (Å²) >= 11 is 0. The van der Waals surface area contributed by atoms with Crippen molar-refractivity contribution in [3.05, 3.63) is 37.0 Å². The summed E-state index contributed by atoms with van der Waals surface area (Å²) in [5, 5.41) is 14.2. The van der Waals surface area contributed by atoms with E-state index in [4.69, 9.17) is 5.11 Å². The van der Waals surface area contributed by atoms with Gasteiger partial charge in [0.05, 0.1) is 6.61 Å². The average Bonchev–Trinajstić information content (AvgIpc) is 2.22. The maximum Gasteiger partial charge on any atom is 0.0615 e. The van der Waals surface area contributed by atoms with Gasteiger partial charge in [0.2, 0.25) is 0 Å². The SMILES string of the molecule is C=C/C=C\C=C\CO.CNCCNC. The second-order valence-corrected chi connectivity index (χ2v) is 2.44. The lowest BCUT2D eigenvalue weighted by Gasteiger charge is -1.92. The third-order valence-electron chi connectivity index (χ3n) is 1.22. The number of rotatable bonds is 6. The fraction of sp³-hybridized carbons (Fsp3) is 0.455. The number of aliphatic hydroxyl groups excluding tert-OH is 1. The summed E-state index contributed by atoms with van der Waals surface area (Å²) in [6, 6.07) is 0. The molecule has 0 aromatic heterocycles. The van der Waals surface area contributed by atoms with Crippen LogP contribution in [-0.4, -0.2) is 38.9 Å². The Balaban J connectivity index is 0. The molecule has 3 N–H and O–H groups in total. The van der Waals surface area contributed by atoms with Crippen LogP contribution in [0.25, 0.3) is 0 Å². The molecular weight excluding hydrogens is 176 g/mol. The lowest BCUT2D eigenvalue weighted by molar-refractivity contribution is 0.343. The summed E-state index contributed by atoms with van der Waals surface area (Å²) in [6.07, 6.45) is 8.71. The van der Waals surface area contributed by atoms with Crippen LogP contribution in [0.4, 0.5) is 0 Å². The minimum absolute atomic E-state index is 0.0987. The molecule has 82 valence electrons. The van der Waals surface area contributed by atoms with Crippen LogP contribution < -0.4 is 10.6 Å². The predicted octanol–water partition coefficient (Wildman–Crippen LogP) is 0.702. The fourth-order valence-electron chi connectivity index (χ4n) is 0.532. The number of aliphatic hydroxyl groups is 1. The second kappa shape index (κ2) is 18.0. The first-order valence-electron chi connectivity index (χ1n) is 4.67. The van der Waals surface area contributed by atoms with E-state index in [0.29, 0.717) is 0 Å². The lowest BCUT2D eigenvalue weighted by atomic mass is 10.4. The summed E-state index contributed by atoms with van der Waals surface area (Å²) in [5.74, 6) is 0. The zero-order valence-corrected chi connectivity index (χ0v) is 9.16. The van der Waals surface area contributed by atoms with E-state index in [0.717, 1.165) is 13.1 Å². The van der Waals surface area contributed by atoms with Crippen molar-refractivity contribution >= 4 is 0 Å². The van der Waals surface area contributed by atoms with E-state index in [9.17, 15) is 0 Å². The molecule has 0 aliphatic heterocycles. The van der Waals surface area contributed by atoms with Gasteiger partial charge in [0, 0.05) is 13.1 Å². The molecule has 0 fully saturated rings. The Hall–Kier alpha value is -0.900. The Morgan fingerprint density at radius 2 is 1.64 bits per heavy atom. The van der Waals surface area contributed by atoms with E-state index in [1.54, 1.807) is 24.3 Å². The molecule has 0 amide bonds. The summed E-state index contributed by atoms with van der Waals surface area (Å²) in [5.41, 5.74) is 0. The molecule has 0 unspecified atom stereocenters. The van der Waals surface area contributed by atoms with E-state index < -0.39 is 0 Å². The zero-order chi connectivity index (χ0) is 11.1. The zero-order valence-electron chi connectivity index (χ0n) is 9.16. The predicted molar refractivity (Wildman–Crippen MR) is 63.4 cm³/mol. The van der Waals surface area contributed by atoms with Gasteiger partial charge >= 0.3 is 0 Å². The lowest BCUT2D eigenvalue weighted by Crippen LogP contribution is -2.21. The Morgan fingerprint density at radius 3 is 2.00 bits per heavy atom. The quantitative estimate of drug-likeness (QED) is 0.435. The van der Waals surface area contributed by atoms with Gasteiger partial charge in [0.15, 0.2) is 0 Å². The Kier molecular flexibility index (Phi) is 20.0. The molecule has 0 saturated carbocycles. The molecule has 0 spiro atoms. The Morgan fingerprint density at radius 1 is 1.07 bits per heavy atom. The van der Waals surface area contributed by atoms with Crippen molar-refractivity contribution < 1.29 is 5.11 Å². The molecule has 0 aliphatic carbocycles. The van der Waals surface area contributed by atoms with Crippen LogP contribution in [0.5, 0.6) is 0 Å². The van der Waals surface area contributed by atoms with Crippen molar-refractivity contribution in [3.63, 3.8) is 0 Å². The van der Waals surface area contributed by atoms with Crippen molar-refractivity contribution in [2.24, 2.45) is 0 Å². The highest BCUT2D eigenvalue weighted by Gasteiger charge is 1.71. The minimum atomic E-state index is 0.0987. The van der Waals surface area contributed by atoms with Gasteiger partial charge in [-0.2, -0.15) is 0 Å². The standard InChI is InChI=1S/C7H10O.C4H12N2/c1-2-3-4-5-6-7-8;1-5-3-4-6-2/h2-6,8H,1,7H2;5-6H,3-4H2,1-2H3/b4-3-,6-5+;. The minimum Gasteiger partial charge on any atom is -0.392 e. The second-order valence-electron chi connectivity index (χ2n) is 2.44. The highest BCUT2D eigenvalue weighted by molar-refractivity contribution is 5.08. The van der Waals surface area contributed by atoms with Crippen molar-refractivity contribution in [2.45, 2.75) is 0 Å². The summed E-state index contributed by atoms with van der Waals surface area (Å²) in [4.78, 5) is 0. The number of nitrogens with one attached hydrogen (secondary N) is 2. The van der Waals surface area contributed by atoms with Gasteiger partial charge < -0.3 is 15.7 Å². The van der Waals surface area contributed by atoms with E-state index >= 15 is 0 Å². The molecule has 3 nitrogen and oxygen atoms in total. The van der Waals surface area contributed by atoms with E-state index in [1.807, 2.05) is 20.2 Å². The van der Waals surface area contributed by atoms with Crippen molar-refractivity contribution in [1.29, 1.82) is 0 Å². The molecule has 0 bridgehead atoms. The van der Waals surface area contributed by atoms with Gasteiger partial charge in [-0.05, 0) is 14.1 Å².